The van der Waals surface area contributed by atoms with E-state index in [1.54, 1.807) is 0 Å². The molecule has 0 N–H and O–H groups in total. The van der Waals surface area contributed by atoms with Crippen LogP contribution in [0.25, 0.3) is 0 Å². The van der Waals surface area contributed by atoms with Crippen LogP contribution in [-0.2, 0) is 4.79 Å². The van der Waals surface area contributed by atoms with Gasteiger partial charge in [0.05, 0.1) is 0 Å². The molecule has 0 saturated carbocycles. The van der Waals surface area contributed by atoms with E-state index in [2.05, 4.69) is 26.5 Å². The van der Waals surface area contributed by atoms with Crippen molar-refractivity contribution in [3.05, 3.63) is 0 Å². The summed E-state index contributed by atoms with van der Waals surface area (Å²) in [6, 6.07) is 0. The Hall–Kier alpha value is -0.180. The van der Waals surface area contributed by atoms with E-state index >= 15 is 0 Å². The van der Waals surface area contributed by atoms with Gasteiger partial charge in [0.25, 0.3) is 0 Å². The van der Waals surface area contributed by atoms with Gasteiger partial charge < -0.3 is 4.90 Å². The lowest BCUT2D eigenvalue weighted by Crippen LogP contribution is -2.32. The van der Waals surface area contributed by atoms with Crippen molar-refractivity contribution in [2.45, 2.75) is 39.5 Å². The zero-order valence-corrected chi connectivity index (χ0v) is 9.65. The van der Waals surface area contributed by atoms with Gasteiger partial charge in [-0.2, -0.15) is 12.6 Å². The maximum absolute atomic E-state index is 11.5. The van der Waals surface area contributed by atoms with Crippen molar-refractivity contribution in [1.29, 1.82) is 0 Å². The number of rotatable bonds is 7. The molecule has 0 rings (SSSR count). The van der Waals surface area contributed by atoms with Crippen LogP contribution < -0.4 is 0 Å². The Morgan fingerprint density at radius 1 is 1.23 bits per heavy atom. The van der Waals surface area contributed by atoms with Crippen molar-refractivity contribution in [2.24, 2.45) is 0 Å². The fraction of sp³-hybridized carbons (Fsp3) is 0.900. The third-order valence-electron chi connectivity index (χ3n) is 1.95. The molecule has 0 aliphatic rings. The van der Waals surface area contributed by atoms with Gasteiger partial charge in [0.1, 0.15) is 0 Å². The normalized spacial score (nSPS) is 10.1. The fourth-order valence-corrected chi connectivity index (χ4v) is 1.43. The standard InChI is InChI=1S/C10H21NOS/c1-3-5-8-11(7-4-2)10(12)6-9-13/h13H,3-9H2,1-2H3. The van der Waals surface area contributed by atoms with Crippen molar-refractivity contribution in [2.75, 3.05) is 18.8 Å². The van der Waals surface area contributed by atoms with Gasteiger partial charge in [-0.15, -0.1) is 0 Å². The maximum atomic E-state index is 11.5. The van der Waals surface area contributed by atoms with Crippen molar-refractivity contribution >= 4 is 18.5 Å². The molecular formula is C10H21NOS. The molecule has 0 aliphatic heterocycles. The maximum Gasteiger partial charge on any atom is 0.223 e. The van der Waals surface area contributed by atoms with Crippen LogP contribution >= 0.6 is 12.6 Å². The van der Waals surface area contributed by atoms with E-state index < -0.39 is 0 Å². The topological polar surface area (TPSA) is 20.3 Å². The molecule has 0 heterocycles. The quantitative estimate of drug-likeness (QED) is 0.630. The predicted molar refractivity (Wildman–Crippen MR) is 60.2 cm³/mol. The lowest BCUT2D eigenvalue weighted by atomic mass is 10.2. The van der Waals surface area contributed by atoms with Crippen molar-refractivity contribution in [1.82, 2.24) is 4.90 Å². The van der Waals surface area contributed by atoms with E-state index in [4.69, 9.17) is 0 Å². The van der Waals surface area contributed by atoms with Gasteiger partial charge in [0, 0.05) is 19.5 Å². The number of unbranched alkanes of at least 4 members (excludes halogenated alkanes) is 1. The van der Waals surface area contributed by atoms with Crippen LogP contribution in [0.3, 0.4) is 0 Å². The first kappa shape index (κ1) is 12.8. The molecule has 0 saturated heterocycles. The van der Waals surface area contributed by atoms with Crippen LogP contribution in [0.2, 0.25) is 0 Å². The minimum absolute atomic E-state index is 0.255. The number of nitrogens with zero attached hydrogens (tertiary/aromatic N) is 1. The van der Waals surface area contributed by atoms with E-state index in [0.29, 0.717) is 12.2 Å². The summed E-state index contributed by atoms with van der Waals surface area (Å²) >= 11 is 4.07. The van der Waals surface area contributed by atoms with Gasteiger partial charge in [-0.1, -0.05) is 20.3 Å². The Morgan fingerprint density at radius 2 is 1.92 bits per heavy atom. The molecule has 0 aromatic carbocycles. The number of amides is 1. The second-order valence-electron chi connectivity index (χ2n) is 3.21. The van der Waals surface area contributed by atoms with Gasteiger partial charge in [-0.05, 0) is 18.6 Å². The number of carbonyl (C=O) groups is 1. The summed E-state index contributed by atoms with van der Waals surface area (Å²) in [5.41, 5.74) is 0. The molecule has 0 aromatic rings. The molecule has 3 heteroatoms. The highest BCUT2D eigenvalue weighted by Crippen LogP contribution is 2.01. The molecule has 1 amide bonds. The van der Waals surface area contributed by atoms with Gasteiger partial charge in [0.15, 0.2) is 0 Å². The SMILES string of the molecule is CCCCN(CCC)C(=O)CCS. The number of hydrogen-bond acceptors (Lipinski definition) is 2. The lowest BCUT2D eigenvalue weighted by Gasteiger charge is -2.21. The highest BCUT2D eigenvalue weighted by molar-refractivity contribution is 7.80. The van der Waals surface area contributed by atoms with Crippen molar-refractivity contribution in [3.63, 3.8) is 0 Å². The number of carbonyl (C=O) groups excluding carboxylic acids is 1. The third-order valence-corrected chi connectivity index (χ3v) is 2.18. The summed E-state index contributed by atoms with van der Waals surface area (Å²) < 4.78 is 0. The largest absolute Gasteiger partial charge is 0.343 e. The molecule has 78 valence electrons. The van der Waals surface area contributed by atoms with Crippen LogP contribution in [-0.4, -0.2) is 29.6 Å². The monoisotopic (exact) mass is 203 g/mol. The van der Waals surface area contributed by atoms with E-state index in [9.17, 15) is 4.79 Å². The van der Waals surface area contributed by atoms with Gasteiger partial charge in [0.2, 0.25) is 5.91 Å². The van der Waals surface area contributed by atoms with Crippen LogP contribution in [0.4, 0.5) is 0 Å². The third kappa shape index (κ3) is 5.97. The van der Waals surface area contributed by atoms with E-state index in [1.165, 1.54) is 0 Å². The predicted octanol–water partition coefficient (Wildman–Crippen LogP) is 2.35. The first-order valence-corrected chi connectivity index (χ1v) is 5.78. The average molecular weight is 203 g/mol. The number of hydrogen-bond donors (Lipinski definition) is 1. The molecular weight excluding hydrogens is 182 g/mol. The molecule has 0 spiro atoms. The zero-order chi connectivity index (χ0) is 10.1. The molecule has 0 unspecified atom stereocenters. The molecule has 0 bridgehead atoms. The molecule has 2 nitrogen and oxygen atoms in total. The minimum atomic E-state index is 0.255. The second-order valence-corrected chi connectivity index (χ2v) is 3.66. The van der Waals surface area contributed by atoms with Crippen LogP contribution in [0.15, 0.2) is 0 Å². The molecule has 0 radical (unpaired) electrons. The Kier molecular flexibility index (Phi) is 8.30. The Balaban J connectivity index is 3.83. The van der Waals surface area contributed by atoms with Crippen molar-refractivity contribution < 1.29 is 4.79 Å². The highest BCUT2D eigenvalue weighted by Gasteiger charge is 2.09. The first-order chi connectivity index (χ1) is 6.26. The fourth-order valence-electron chi connectivity index (χ4n) is 1.23. The van der Waals surface area contributed by atoms with E-state index in [-0.39, 0.29) is 5.91 Å². The molecule has 0 aromatic heterocycles. The van der Waals surface area contributed by atoms with Crippen LogP contribution in [0, 0.1) is 0 Å². The van der Waals surface area contributed by atoms with Gasteiger partial charge in [-0.25, -0.2) is 0 Å². The van der Waals surface area contributed by atoms with Crippen molar-refractivity contribution in [3.8, 4) is 0 Å². The molecule has 13 heavy (non-hydrogen) atoms. The smallest absolute Gasteiger partial charge is 0.223 e. The second kappa shape index (κ2) is 8.42. The Labute approximate surface area is 87.1 Å². The van der Waals surface area contributed by atoms with E-state index in [1.807, 2.05) is 4.90 Å². The molecule has 0 fully saturated rings. The van der Waals surface area contributed by atoms with E-state index in [0.717, 1.165) is 32.4 Å². The number of thiol groups is 1. The summed E-state index contributed by atoms with van der Waals surface area (Å²) in [5, 5.41) is 0. The average Bonchev–Trinajstić information content (AvgIpc) is 2.12. The summed E-state index contributed by atoms with van der Waals surface area (Å²) in [5.74, 6) is 0.913. The minimum Gasteiger partial charge on any atom is -0.343 e. The Bertz CT molecular complexity index is 139. The summed E-state index contributed by atoms with van der Waals surface area (Å²) in [6.45, 7) is 6.06. The van der Waals surface area contributed by atoms with Gasteiger partial charge >= 0.3 is 0 Å². The summed E-state index contributed by atoms with van der Waals surface area (Å²) in [7, 11) is 0. The first-order valence-electron chi connectivity index (χ1n) is 5.14. The lowest BCUT2D eigenvalue weighted by molar-refractivity contribution is -0.130. The van der Waals surface area contributed by atoms with Crippen LogP contribution in [0.5, 0.6) is 0 Å². The molecule has 0 atom stereocenters. The van der Waals surface area contributed by atoms with Gasteiger partial charge in [-0.3, -0.25) is 4.79 Å². The zero-order valence-electron chi connectivity index (χ0n) is 8.75. The summed E-state index contributed by atoms with van der Waals surface area (Å²) in [4.78, 5) is 13.5. The summed E-state index contributed by atoms with van der Waals surface area (Å²) in [6.07, 6.45) is 3.88. The molecule has 0 aliphatic carbocycles. The highest BCUT2D eigenvalue weighted by atomic mass is 32.1. The Morgan fingerprint density at radius 3 is 2.38 bits per heavy atom. The van der Waals surface area contributed by atoms with Crippen LogP contribution in [0.1, 0.15) is 39.5 Å².